The van der Waals surface area contributed by atoms with E-state index in [2.05, 4.69) is 18.3 Å². The third-order valence-electron chi connectivity index (χ3n) is 1.52. The van der Waals surface area contributed by atoms with Crippen LogP contribution in [0.15, 0.2) is 52.2 Å². The summed E-state index contributed by atoms with van der Waals surface area (Å²) in [5.74, 6) is 0. The van der Waals surface area contributed by atoms with Crippen molar-refractivity contribution in [1.29, 1.82) is 0 Å². The Balaban J connectivity index is -0.000000439. The Morgan fingerprint density at radius 3 is 1.76 bits per heavy atom. The predicted octanol–water partition coefficient (Wildman–Crippen LogP) is 5.90. The topological polar surface area (TPSA) is 12.4 Å². The number of nitrogens with zero attached hydrogens (tertiary/aromatic N) is 1. The number of aliphatic imine (C=N–C) groups is 1. The van der Waals surface area contributed by atoms with Crippen LogP contribution in [0.1, 0.15) is 41.5 Å². The van der Waals surface area contributed by atoms with E-state index in [1.165, 1.54) is 0 Å². The molecule has 0 aromatic heterocycles. The molecule has 0 aromatic rings. The summed E-state index contributed by atoms with van der Waals surface area (Å²) in [6.45, 7) is 18.8. The lowest BCUT2D eigenvalue weighted by molar-refractivity contribution is 1.32. The average molecular weight is 256 g/mol. The molecular formula is C15H26ClN. The van der Waals surface area contributed by atoms with Crippen LogP contribution in [0.4, 0.5) is 0 Å². The van der Waals surface area contributed by atoms with Crippen LogP contribution in [0.25, 0.3) is 0 Å². The SMILES string of the molecule is C=C/C=C(C(/Cl)=C\C)\C(=C/C)N=C.CC.CC. The van der Waals surface area contributed by atoms with Crippen molar-refractivity contribution in [3.8, 4) is 0 Å². The highest BCUT2D eigenvalue weighted by Gasteiger charge is 2.04. The molecule has 0 spiro atoms. The molecule has 0 aliphatic rings. The van der Waals surface area contributed by atoms with Gasteiger partial charge < -0.3 is 0 Å². The molecule has 1 nitrogen and oxygen atoms in total. The van der Waals surface area contributed by atoms with Crippen LogP contribution >= 0.6 is 11.6 Å². The summed E-state index contributed by atoms with van der Waals surface area (Å²) >= 11 is 5.98. The quantitative estimate of drug-likeness (QED) is 0.438. The van der Waals surface area contributed by atoms with Crippen molar-refractivity contribution in [3.63, 3.8) is 0 Å². The summed E-state index contributed by atoms with van der Waals surface area (Å²) in [5.41, 5.74) is 1.61. The normalized spacial score (nSPS) is 11.6. The van der Waals surface area contributed by atoms with Crippen molar-refractivity contribution in [1.82, 2.24) is 0 Å². The van der Waals surface area contributed by atoms with E-state index in [1.54, 1.807) is 6.08 Å². The zero-order valence-corrected chi connectivity index (χ0v) is 12.8. The van der Waals surface area contributed by atoms with Crippen LogP contribution in [-0.4, -0.2) is 6.72 Å². The van der Waals surface area contributed by atoms with Crippen LogP contribution in [0, 0.1) is 0 Å². The highest BCUT2D eigenvalue weighted by Crippen LogP contribution is 2.23. The Hall–Kier alpha value is -1.08. The van der Waals surface area contributed by atoms with Crippen LogP contribution in [-0.2, 0) is 0 Å². The summed E-state index contributed by atoms with van der Waals surface area (Å²) in [7, 11) is 0. The molecule has 0 saturated heterocycles. The van der Waals surface area contributed by atoms with Gasteiger partial charge in [0.1, 0.15) is 0 Å². The largest absolute Gasteiger partial charge is 0.264 e. The molecule has 0 bridgehead atoms. The molecular weight excluding hydrogens is 230 g/mol. The fraction of sp³-hybridized carbons (Fsp3) is 0.400. The fourth-order valence-electron chi connectivity index (χ4n) is 0.893. The minimum absolute atomic E-state index is 0.653. The lowest BCUT2D eigenvalue weighted by atomic mass is 10.1. The molecule has 98 valence electrons. The average Bonchev–Trinajstić information content (AvgIpc) is 2.42. The molecule has 0 amide bonds. The van der Waals surface area contributed by atoms with E-state index >= 15 is 0 Å². The monoisotopic (exact) mass is 255 g/mol. The van der Waals surface area contributed by atoms with Crippen LogP contribution < -0.4 is 0 Å². The minimum atomic E-state index is 0.653. The van der Waals surface area contributed by atoms with Crippen LogP contribution in [0.5, 0.6) is 0 Å². The molecule has 0 rings (SSSR count). The minimum Gasteiger partial charge on any atom is -0.264 e. The molecule has 0 aromatic carbocycles. The number of allylic oxidation sites excluding steroid dienone is 5. The fourth-order valence-corrected chi connectivity index (χ4v) is 1.05. The van der Waals surface area contributed by atoms with Gasteiger partial charge in [-0.3, -0.25) is 4.99 Å². The Kier molecular flexibility index (Phi) is 21.6. The predicted molar refractivity (Wildman–Crippen MR) is 83.9 cm³/mol. The molecule has 0 atom stereocenters. The van der Waals surface area contributed by atoms with Gasteiger partial charge in [-0.1, -0.05) is 70.2 Å². The highest BCUT2D eigenvalue weighted by molar-refractivity contribution is 6.32. The van der Waals surface area contributed by atoms with Gasteiger partial charge in [-0.25, -0.2) is 0 Å². The number of halogens is 1. The molecule has 0 saturated carbocycles. The van der Waals surface area contributed by atoms with Crippen LogP contribution in [0.2, 0.25) is 0 Å². The van der Waals surface area contributed by atoms with Gasteiger partial charge in [0.05, 0.1) is 5.70 Å². The van der Waals surface area contributed by atoms with Crippen molar-refractivity contribution >= 4 is 18.3 Å². The van der Waals surface area contributed by atoms with Gasteiger partial charge in [-0.05, 0) is 20.6 Å². The van der Waals surface area contributed by atoms with Gasteiger partial charge in [0.25, 0.3) is 0 Å². The lowest BCUT2D eigenvalue weighted by Crippen LogP contribution is -1.86. The van der Waals surface area contributed by atoms with Crippen molar-refractivity contribution in [3.05, 3.63) is 47.2 Å². The first-order valence-corrected chi connectivity index (χ1v) is 6.37. The van der Waals surface area contributed by atoms with E-state index in [1.807, 2.05) is 59.8 Å². The van der Waals surface area contributed by atoms with Crippen molar-refractivity contribution < 1.29 is 0 Å². The summed E-state index contributed by atoms with van der Waals surface area (Å²) in [4.78, 5) is 3.86. The zero-order chi connectivity index (χ0) is 14.3. The van der Waals surface area contributed by atoms with Gasteiger partial charge in [-0.15, -0.1) is 0 Å². The smallest absolute Gasteiger partial charge is 0.0666 e. The van der Waals surface area contributed by atoms with Crippen LogP contribution in [0.3, 0.4) is 0 Å². The summed E-state index contributed by atoms with van der Waals surface area (Å²) in [6, 6.07) is 0. The molecule has 0 fully saturated rings. The molecule has 0 aliphatic heterocycles. The van der Waals surface area contributed by atoms with Gasteiger partial charge >= 0.3 is 0 Å². The molecule has 2 heteroatoms. The third-order valence-corrected chi connectivity index (χ3v) is 1.94. The van der Waals surface area contributed by atoms with E-state index in [0.717, 1.165) is 11.3 Å². The number of hydrogen-bond acceptors (Lipinski definition) is 1. The van der Waals surface area contributed by atoms with E-state index in [-0.39, 0.29) is 0 Å². The molecule has 0 N–H and O–H groups in total. The lowest BCUT2D eigenvalue weighted by Gasteiger charge is -2.04. The third kappa shape index (κ3) is 9.83. The van der Waals surface area contributed by atoms with Gasteiger partial charge in [-0.2, -0.15) is 0 Å². The van der Waals surface area contributed by atoms with E-state index in [9.17, 15) is 0 Å². The Morgan fingerprint density at radius 1 is 1.06 bits per heavy atom. The summed E-state index contributed by atoms with van der Waals surface area (Å²) in [6.07, 6.45) is 7.15. The summed E-state index contributed by atoms with van der Waals surface area (Å²) in [5, 5.41) is 0.653. The van der Waals surface area contributed by atoms with E-state index < -0.39 is 0 Å². The Bertz CT molecular complexity index is 283. The molecule has 0 unspecified atom stereocenters. The highest BCUT2D eigenvalue weighted by atomic mass is 35.5. The van der Waals surface area contributed by atoms with Crippen molar-refractivity contribution in [2.45, 2.75) is 41.5 Å². The van der Waals surface area contributed by atoms with E-state index in [0.29, 0.717) is 5.03 Å². The first kappa shape index (κ1) is 21.2. The number of rotatable bonds is 4. The van der Waals surface area contributed by atoms with Gasteiger partial charge in [0.2, 0.25) is 0 Å². The van der Waals surface area contributed by atoms with E-state index in [4.69, 9.17) is 11.6 Å². The Labute approximate surface area is 112 Å². The second kappa shape index (κ2) is 17.3. The van der Waals surface area contributed by atoms with Gasteiger partial charge in [0.15, 0.2) is 0 Å². The second-order valence-electron chi connectivity index (χ2n) is 2.28. The maximum atomic E-state index is 5.98. The molecule has 0 heterocycles. The summed E-state index contributed by atoms with van der Waals surface area (Å²) < 4.78 is 0. The number of hydrogen-bond donors (Lipinski definition) is 0. The van der Waals surface area contributed by atoms with Crippen molar-refractivity contribution in [2.24, 2.45) is 4.99 Å². The first-order chi connectivity index (χ1) is 8.21. The Morgan fingerprint density at radius 2 is 1.53 bits per heavy atom. The molecule has 0 radical (unpaired) electrons. The van der Waals surface area contributed by atoms with Crippen molar-refractivity contribution in [2.75, 3.05) is 0 Å². The van der Waals surface area contributed by atoms with Gasteiger partial charge in [0, 0.05) is 10.6 Å². The standard InChI is InChI=1S/C11H14ClN.2C2H6/c1-5-8-9(10(12)6-2)11(7-3)13-4;2*1-2/h5-8H,1,4H2,2-3H3;2*1-2H3/b9-8-,10-6+,11-7+;;. The maximum Gasteiger partial charge on any atom is 0.0666 e. The second-order valence-corrected chi connectivity index (χ2v) is 2.69. The maximum absolute atomic E-state index is 5.98. The zero-order valence-electron chi connectivity index (χ0n) is 12.0. The molecule has 0 aliphatic carbocycles. The molecule has 17 heavy (non-hydrogen) atoms. The first-order valence-electron chi connectivity index (χ1n) is 5.99.